The molecule has 1 unspecified atom stereocenters. The van der Waals surface area contributed by atoms with Crippen LogP contribution >= 0.6 is 11.3 Å². The molecule has 0 amide bonds. The van der Waals surface area contributed by atoms with Gasteiger partial charge < -0.3 is 14.7 Å². The summed E-state index contributed by atoms with van der Waals surface area (Å²) in [5, 5.41) is 10.6. The lowest BCUT2D eigenvalue weighted by Gasteiger charge is -2.35. The predicted molar refractivity (Wildman–Crippen MR) is 69.7 cm³/mol. The molecule has 2 heterocycles. The molecule has 4 nitrogen and oxygen atoms in total. The highest BCUT2D eigenvalue weighted by molar-refractivity contribution is 7.15. The van der Waals surface area contributed by atoms with Crippen LogP contribution in [0.1, 0.15) is 37.4 Å². The standard InChI is InChI=1S/C12H20N2O2S/c1-7-5-14(6-8(2)16-7)12-13-9(3)11(17-12)10(4)15/h7-8,10,15H,5-6H2,1-4H3/t7-,8+,10?. The van der Waals surface area contributed by atoms with Gasteiger partial charge in [0.1, 0.15) is 0 Å². The Morgan fingerprint density at radius 2 is 2.00 bits per heavy atom. The van der Waals surface area contributed by atoms with Crippen LogP contribution in [0.25, 0.3) is 0 Å². The Labute approximate surface area is 106 Å². The van der Waals surface area contributed by atoms with Gasteiger partial charge >= 0.3 is 0 Å². The second-order valence-electron chi connectivity index (χ2n) is 4.78. The largest absolute Gasteiger partial charge is 0.388 e. The molecular formula is C12H20N2O2S. The minimum atomic E-state index is -0.433. The summed E-state index contributed by atoms with van der Waals surface area (Å²) in [5.74, 6) is 0. The van der Waals surface area contributed by atoms with Crippen LogP contribution in [-0.4, -0.2) is 35.4 Å². The fraction of sp³-hybridized carbons (Fsp3) is 0.750. The van der Waals surface area contributed by atoms with Gasteiger partial charge in [0.2, 0.25) is 0 Å². The average molecular weight is 256 g/mol. The Morgan fingerprint density at radius 3 is 2.47 bits per heavy atom. The second kappa shape index (κ2) is 4.92. The summed E-state index contributed by atoms with van der Waals surface area (Å²) in [4.78, 5) is 7.77. The van der Waals surface area contributed by atoms with Crippen LogP contribution in [-0.2, 0) is 4.74 Å². The zero-order valence-electron chi connectivity index (χ0n) is 10.8. The first kappa shape index (κ1) is 12.8. The number of aliphatic hydroxyl groups is 1. The highest BCUT2D eigenvalue weighted by Gasteiger charge is 2.25. The molecule has 1 aliphatic rings. The van der Waals surface area contributed by atoms with Crippen LogP contribution in [0.15, 0.2) is 0 Å². The van der Waals surface area contributed by atoms with Gasteiger partial charge in [-0.15, -0.1) is 0 Å². The molecule has 1 aliphatic heterocycles. The van der Waals surface area contributed by atoms with Gasteiger partial charge in [0.05, 0.1) is 28.9 Å². The van der Waals surface area contributed by atoms with Crippen molar-refractivity contribution in [1.82, 2.24) is 4.98 Å². The number of nitrogens with zero attached hydrogens (tertiary/aromatic N) is 2. The van der Waals surface area contributed by atoms with E-state index in [-0.39, 0.29) is 12.2 Å². The van der Waals surface area contributed by atoms with Crippen molar-refractivity contribution in [3.8, 4) is 0 Å². The van der Waals surface area contributed by atoms with E-state index < -0.39 is 6.10 Å². The first-order valence-corrected chi connectivity index (χ1v) is 6.84. The lowest BCUT2D eigenvalue weighted by atomic mass is 10.2. The third-order valence-corrected chi connectivity index (χ3v) is 4.28. The van der Waals surface area contributed by atoms with Gasteiger partial charge in [-0.25, -0.2) is 4.98 Å². The summed E-state index contributed by atoms with van der Waals surface area (Å²) >= 11 is 1.59. The maximum Gasteiger partial charge on any atom is 0.186 e. The maximum atomic E-state index is 9.65. The lowest BCUT2D eigenvalue weighted by Crippen LogP contribution is -2.45. The maximum absolute atomic E-state index is 9.65. The van der Waals surface area contributed by atoms with Crippen LogP contribution in [0.2, 0.25) is 0 Å². The van der Waals surface area contributed by atoms with E-state index in [4.69, 9.17) is 4.74 Å². The van der Waals surface area contributed by atoms with Crippen molar-refractivity contribution < 1.29 is 9.84 Å². The zero-order valence-corrected chi connectivity index (χ0v) is 11.6. The number of rotatable bonds is 2. The molecule has 3 atom stereocenters. The van der Waals surface area contributed by atoms with Gasteiger partial charge in [-0.05, 0) is 27.7 Å². The summed E-state index contributed by atoms with van der Waals surface area (Å²) in [7, 11) is 0. The van der Waals surface area contributed by atoms with Crippen molar-refractivity contribution in [2.75, 3.05) is 18.0 Å². The molecule has 1 fully saturated rings. The molecule has 96 valence electrons. The van der Waals surface area contributed by atoms with E-state index >= 15 is 0 Å². The first-order valence-electron chi connectivity index (χ1n) is 6.03. The minimum Gasteiger partial charge on any atom is -0.388 e. The van der Waals surface area contributed by atoms with E-state index in [0.717, 1.165) is 28.8 Å². The average Bonchev–Trinajstić information content (AvgIpc) is 2.59. The quantitative estimate of drug-likeness (QED) is 0.880. The van der Waals surface area contributed by atoms with E-state index in [0.29, 0.717) is 0 Å². The smallest absolute Gasteiger partial charge is 0.186 e. The number of morpholine rings is 1. The van der Waals surface area contributed by atoms with Gasteiger partial charge in [0.15, 0.2) is 5.13 Å². The molecule has 1 N–H and O–H groups in total. The summed E-state index contributed by atoms with van der Waals surface area (Å²) in [6.07, 6.45) is 0.0352. The molecule has 0 aromatic carbocycles. The molecule has 1 aromatic rings. The summed E-state index contributed by atoms with van der Waals surface area (Å²) in [6, 6.07) is 0. The summed E-state index contributed by atoms with van der Waals surface area (Å²) < 4.78 is 5.71. The number of anilines is 1. The van der Waals surface area contributed by atoms with Gasteiger partial charge in [0.25, 0.3) is 0 Å². The predicted octanol–water partition coefficient (Wildman–Crippen LogP) is 2.12. The molecule has 1 saturated heterocycles. The van der Waals surface area contributed by atoms with Gasteiger partial charge in [-0.1, -0.05) is 11.3 Å². The number of aromatic nitrogens is 1. The normalized spacial score (nSPS) is 27.2. The third kappa shape index (κ3) is 2.78. The van der Waals surface area contributed by atoms with Crippen LogP contribution < -0.4 is 4.90 Å². The molecule has 2 rings (SSSR count). The van der Waals surface area contributed by atoms with E-state index in [9.17, 15) is 5.11 Å². The van der Waals surface area contributed by atoms with E-state index in [1.165, 1.54) is 0 Å². The van der Waals surface area contributed by atoms with Crippen LogP contribution in [0.5, 0.6) is 0 Å². The van der Waals surface area contributed by atoms with E-state index in [1.54, 1.807) is 18.3 Å². The molecule has 0 saturated carbocycles. The SMILES string of the molecule is Cc1nc(N2C[C@@H](C)O[C@@H](C)C2)sc1C(C)O. The van der Waals surface area contributed by atoms with Gasteiger partial charge in [0, 0.05) is 13.1 Å². The van der Waals surface area contributed by atoms with Gasteiger partial charge in [-0.3, -0.25) is 0 Å². The molecule has 5 heteroatoms. The number of hydrogen-bond donors (Lipinski definition) is 1. The fourth-order valence-corrected chi connectivity index (χ4v) is 3.27. The first-order chi connectivity index (χ1) is 7.97. The Kier molecular flexibility index (Phi) is 3.70. The number of ether oxygens (including phenoxy) is 1. The molecule has 0 radical (unpaired) electrons. The van der Waals surface area contributed by atoms with Crippen molar-refractivity contribution in [3.05, 3.63) is 10.6 Å². The molecule has 1 aromatic heterocycles. The number of thiazole rings is 1. The van der Waals surface area contributed by atoms with Crippen LogP contribution in [0.3, 0.4) is 0 Å². The molecule has 17 heavy (non-hydrogen) atoms. The third-order valence-electron chi connectivity index (χ3n) is 2.89. The van der Waals surface area contributed by atoms with E-state index in [1.807, 2.05) is 6.92 Å². The summed E-state index contributed by atoms with van der Waals surface area (Å²) in [6.45, 7) is 9.65. The fourth-order valence-electron chi connectivity index (χ4n) is 2.25. The summed E-state index contributed by atoms with van der Waals surface area (Å²) in [5.41, 5.74) is 0.937. The monoisotopic (exact) mass is 256 g/mol. The highest BCUT2D eigenvalue weighted by atomic mass is 32.1. The van der Waals surface area contributed by atoms with Crippen LogP contribution in [0.4, 0.5) is 5.13 Å². The van der Waals surface area contributed by atoms with Gasteiger partial charge in [-0.2, -0.15) is 0 Å². The van der Waals surface area contributed by atoms with Crippen molar-refractivity contribution in [1.29, 1.82) is 0 Å². The topological polar surface area (TPSA) is 45.6 Å². The highest BCUT2D eigenvalue weighted by Crippen LogP contribution is 2.31. The number of aliphatic hydroxyl groups excluding tert-OH is 1. The minimum absolute atomic E-state index is 0.234. The zero-order chi connectivity index (χ0) is 12.6. The number of aryl methyl sites for hydroxylation is 1. The second-order valence-corrected chi connectivity index (χ2v) is 5.79. The van der Waals surface area contributed by atoms with Crippen molar-refractivity contribution in [3.63, 3.8) is 0 Å². The van der Waals surface area contributed by atoms with Crippen molar-refractivity contribution >= 4 is 16.5 Å². The Bertz CT molecular complexity index is 382. The van der Waals surface area contributed by atoms with E-state index in [2.05, 4.69) is 23.7 Å². The lowest BCUT2D eigenvalue weighted by molar-refractivity contribution is -0.00523. The molecule has 0 aliphatic carbocycles. The Balaban J connectivity index is 2.19. The molecular weight excluding hydrogens is 236 g/mol. The van der Waals surface area contributed by atoms with Crippen molar-refractivity contribution in [2.45, 2.75) is 46.0 Å². The van der Waals surface area contributed by atoms with Crippen LogP contribution in [0, 0.1) is 6.92 Å². The van der Waals surface area contributed by atoms with Crippen molar-refractivity contribution in [2.24, 2.45) is 0 Å². The number of hydrogen-bond acceptors (Lipinski definition) is 5. The Hall–Kier alpha value is -0.650. The Morgan fingerprint density at radius 1 is 1.41 bits per heavy atom. The molecule has 0 spiro atoms. The molecule has 0 bridgehead atoms.